The van der Waals surface area contributed by atoms with E-state index in [0.29, 0.717) is 0 Å². The van der Waals surface area contributed by atoms with Crippen molar-refractivity contribution in [3.8, 4) is 23.1 Å². The Morgan fingerprint density at radius 2 is 1.05 bits per heavy atom. The Bertz CT molecular complexity index is 2200. The van der Waals surface area contributed by atoms with Crippen molar-refractivity contribution >= 4 is 59.5 Å². The van der Waals surface area contributed by atoms with Crippen LogP contribution in [0.3, 0.4) is 0 Å². The molecule has 0 aliphatic carbocycles. The summed E-state index contributed by atoms with van der Waals surface area (Å²) < 4.78 is 11.8. The maximum atomic E-state index is 6.58. The number of benzene rings is 4. The van der Waals surface area contributed by atoms with Gasteiger partial charge in [-0.05, 0) is 70.5 Å². The molecule has 0 aliphatic heterocycles. The molecule has 0 radical (unpaired) electrons. The van der Waals surface area contributed by atoms with Crippen molar-refractivity contribution < 1.29 is 4.74 Å². The van der Waals surface area contributed by atoms with E-state index in [1.807, 2.05) is 54.9 Å². The number of hydrogen-bond donors (Lipinski definition) is 0. The van der Waals surface area contributed by atoms with Crippen molar-refractivity contribution in [2.24, 2.45) is 0 Å². The molecule has 0 spiro atoms. The van der Waals surface area contributed by atoms with Gasteiger partial charge in [0.05, 0.1) is 26.5 Å². The summed E-state index contributed by atoms with van der Waals surface area (Å²) in [6.07, 6.45) is 3.64. The molecule has 40 heavy (non-hydrogen) atoms. The summed E-state index contributed by atoms with van der Waals surface area (Å²) in [6, 6.07) is 39.2. The minimum atomic E-state index is 0.729. The molecule has 0 atom stereocenters. The van der Waals surface area contributed by atoms with Crippen LogP contribution in [-0.2, 0) is 0 Å². The predicted octanol–water partition coefficient (Wildman–Crippen LogP) is 9.23. The van der Waals surface area contributed by atoms with E-state index in [-0.39, 0.29) is 0 Å². The zero-order chi connectivity index (χ0) is 26.6. The van der Waals surface area contributed by atoms with Crippen LogP contribution in [0.2, 0.25) is 0 Å². The van der Waals surface area contributed by atoms with Gasteiger partial charge in [-0.3, -0.25) is 9.13 Å². The van der Waals surface area contributed by atoms with E-state index in [9.17, 15) is 0 Å². The summed E-state index contributed by atoms with van der Waals surface area (Å²) >= 11 is 3.79. The third-order valence-corrected chi connectivity index (χ3v) is 7.98. The van der Waals surface area contributed by atoms with E-state index < -0.39 is 0 Å². The van der Waals surface area contributed by atoms with Gasteiger partial charge in [0.15, 0.2) is 0 Å². The molecule has 8 rings (SSSR count). The molecule has 0 fully saturated rings. The lowest BCUT2D eigenvalue weighted by Crippen LogP contribution is -1.97. The first-order valence-electron chi connectivity index (χ1n) is 13.0. The fourth-order valence-electron chi connectivity index (χ4n) is 5.65. The van der Waals surface area contributed by atoms with Crippen LogP contribution in [0, 0.1) is 0 Å². The zero-order valence-corrected chi connectivity index (χ0v) is 22.8. The van der Waals surface area contributed by atoms with Crippen molar-refractivity contribution in [2.75, 3.05) is 0 Å². The third-order valence-electron chi connectivity index (χ3n) is 7.36. The second kappa shape index (κ2) is 9.07. The number of hydrogen-bond acceptors (Lipinski definition) is 3. The topological polar surface area (TPSA) is 44.9 Å². The number of nitrogens with zero attached hydrogens (tertiary/aromatic N) is 4. The van der Waals surface area contributed by atoms with Gasteiger partial charge in [-0.25, -0.2) is 9.97 Å². The Kier molecular flexibility index (Phi) is 5.21. The molecule has 0 saturated carbocycles. The van der Waals surface area contributed by atoms with Crippen LogP contribution in [0.5, 0.6) is 11.5 Å². The van der Waals surface area contributed by atoms with Crippen molar-refractivity contribution in [3.05, 3.63) is 132 Å². The maximum Gasteiger partial charge on any atom is 0.143 e. The Labute approximate surface area is 238 Å². The number of fused-ring (bicyclic) bond motifs is 6. The quantitative estimate of drug-likeness (QED) is 0.208. The number of rotatable bonds is 4. The highest BCUT2D eigenvalue weighted by atomic mass is 79.9. The van der Waals surface area contributed by atoms with Crippen molar-refractivity contribution in [1.29, 1.82) is 0 Å². The van der Waals surface area contributed by atoms with Crippen molar-refractivity contribution in [1.82, 2.24) is 19.1 Å². The molecule has 190 valence electrons. The molecule has 4 aromatic carbocycles. The highest BCUT2D eigenvalue weighted by molar-refractivity contribution is 9.10. The lowest BCUT2D eigenvalue weighted by molar-refractivity contribution is 0.481. The minimum Gasteiger partial charge on any atom is -0.456 e. The highest BCUT2D eigenvalue weighted by Crippen LogP contribution is 2.40. The average Bonchev–Trinajstić information content (AvgIpc) is 3.50. The van der Waals surface area contributed by atoms with Crippen molar-refractivity contribution in [2.45, 2.75) is 0 Å². The molecule has 6 heteroatoms. The summed E-state index contributed by atoms with van der Waals surface area (Å²) in [6.45, 7) is 0. The van der Waals surface area contributed by atoms with Crippen LogP contribution in [0.25, 0.3) is 55.2 Å². The average molecular weight is 581 g/mol. The number of ether oxygens (including phenoxy) is 1. The van der Waals surface area contributed by atoms with Gasteiger partial charge in [-0.2, -0.15) is 0 Å². The molecule has 0 amide bonds. The number of pyridine rings is 2. The van der Waals surface area contributed by atoms with Crippen LogP contribution >= 0.6 is 15.9 Å². The second-order valence-electron chi connectivity index (χ2n) is 9.66. The lowest BCUT2D eigenvalue weighted by atomic mass is 10.1. The first-order chi connectivity index (χ1) is 19.8. The summed E-state index contributed by atoms with van der Waals surface area (Å²) in [5.74, 6) is 3.21. The van der Waals surface area contributed by atoms with E-state index in [4.69, 9.17) is 4.74 Å². The zero-order valence-electron chi connectivity index (χ0n) is 21.2. The second-order valence-corrected chi connectivity index (χ2v) is 10.5. The number of para-hydroxylation sites is 2. The predicted molar refractivity (Wildman–Crippen MR) is 165 cm³/mol. The van der Waals surface area contributed by atoms with E-state index in [1.165, 1.54) is 5.39 Å². The Morgan fingerprint density at radius 3 is 1.68 bits per heavy atom. The van der Waals surface area contributed by atoms with Gasteiger partial charge >= 0.3 is 0 Å². The van der Waals surface area contributed by atoms with E-state index in [1.54, 1.807) is 0 Å². The van der Waals surface area contributed by atoms with Crippen LogP contribution in [0.15, 0.2) is 132 Å². The molecule has 0 unspecified atom stereocenters. The molecule has 0 saturated heterocycles. The summed E-state index contributed by atoms with van der Waals surface area (Å²) in [7, 11) is 0. The SMILES string of the molecule is Brc1cc2c3ccccc3n(-c3ccccn3)c2cc1Oc1ccc2c3ccccc3n(-c3ccccn3)c2c1. The molecule has 0 aliphatic rings. The summed E-state index contributed by atoms with van der Waals surface area (Å²) in [4.78, 5) is 9.30. The first kappa shape index (κ1) is 23.0. The van der Waals surface area contributed by atoms with E-state index >= 15 is 0 Å². The van der Waals surface area contributed by atoms with Gasteiger partial charge in [-0.1, -0.05) is 48.5 Å². The van der Waals surface area contributed by atoms with E-state index in [0.717, 1.165) is 65.8 Å². The highest BCUT2D eigenvalue weighted by Gasteiger charge is 2.17. The normalized spacial score (nSPS) is 11.6. The standard InChI is InChI=1S/C34H21BrN4O/c35-27-20-26-24-10-2-4-12-29(24)39(34-14-6-8-18-37-34)31(26)21-32(27)40-22-15-16-25-23-9-1-3-11-28(23)38(30(25)19-22)33-13-5-7-17-36-33/h1-21H. The number of aromatic nitrogens is 4. The van der Waals surface area contributed by atoms with Crippen LogP contribution in [0.1, 0.15) is 0 Å². The van der Waals surface area contributed by atoms with Gasteiger partial charge in [0.2, 0.25) is 0 Å². The van der Waals surface area contributed by atoms with Gasteiger partial charge in [-0.15, -0.1) is 0 Å². The molecular formula is C34H21BrN4O. The first-order valence-corrected chi connectivity index (χ1v) is 13.8. The molecular weight excluding hydrogens is 560 g/mol. The van der Waals surface area contributed by atoms with Gasteiger partial charge in [0, 0.05) is 46.1 Å². The summed E-state index contributed by atoms with van der Waals surface area (Å²) in [5.41, 5.74) is 4.27. The number of halogens is 1. The van der Waals surface area contributed by atoms with Gasteiger partial charge < -0.3 is 4.74 Å². The minimum absolute atomic E-state index is 0.729. The molecule has 0 N–H and O–H groups in total. The fourth-order valence-corrected chi connectivity index (χ4v) is 6.08. The van der Waals surface area contributed by atoms with Crippen LogP contribution in [-0.4, -0.2) is 19.1 Å². The largest absolute Gasteiger partial charge is 0.456 e. The Morgan fingerprint density at radius 1 is 0.500 bits per heavy atom. The molecule has 5 nitrogen and oxygen atoms in total. The lowest BCUT2D eigenvalue weighted by Gasteiger charge is -2.11. The monoisotopic (exact) mass is 580 g/mol. The Hall–Kier alpha value is -4.94. The van der Waals surface area contributed by atoms with Gasteiger partial charge in [0.1, 0.15) is 23.1 Å². The van der Waals surface area contributed by atoms with Crippen LogP contribution in [0.4, 0.5) is 0 Å². The molecule has 0 bridgehead atoms. The molecule has 4 heterocycles. The van der Waals surface area contributed by atoms with Crippen LogP contribution < -0.4 is 4.74 Å². The maximum absolute atomic E-state index is 6.58. The molecule has 8 aromatic rings. The third kappa shape index (κ3) is 3.53. The smallest absolute Gasteiger partial charge is 0.143 e. The molecule has 4 aromatic heterocycles. The van der Waals surface area contributed by atoms with Gasteiger partial charge in [0.25, 0.3) is 0 Å². The summed E-state index contributed by atoms with van der Waals surface area (Å²) in [5, 5.41) is 4.62. The Balaban J connectivity index is 1.32. The fraction of sp³-hybridized carbons (Fsp3) is 0. The van der Waals surface area contributed by atoms with Crippen molar-refractivity contribution in [3.63, 3.8) is 0 Å². The van der Waals surface area contributed by atoms with E-state index in [2.05, 4.69) is 108 Å².